The molecule has 1 aromatic carbocycles. The predicted octanol–water partition coefficient (Wildman–Crippen LogP) is 3.32. The van der Waals surface area contributed by atoms with Gasteiger partial charge in [0.2, 0.25) is 5.91 Å². The van der Waals surface area contributed by atoms with Gasteiger partial charge in [0, 0.05) is 18.5 Å². The summed E-state index contributed by atoms with van der Waals surface area (Å²) < 4.78 is 7.18. The van der Waals surface area contributed by atoms with Gasteiger partial charge in [-0.2, -0.15) is 5.26 Å². The van der Waals surface area contributed by atoms with Gasteiger partial charge in [-0.05, 0) is 25.0 Å². The summed E-state index contributed by atoms with van der Waals surface area (Å²) in [6.07, 6.45) is 8.13. The van der Waals surface area contributed by atoms with Crippen LogP contribution in [0.1, 0.15) is 32.1 Å². The zero-order valence-electron chi connectivity index (χ0n) is 14.8. The lowest BCUT2D eigenvalue weighted by Gasteiger charge is -2.31. The standard InChI is InChI=1S/C19H22N4O2S/c1-25-16-7-5-6-15(12-16)23-11-10-21-18(23)26-13-17(24)22-19(14-20)8-3-2-4-9-19/h5-7,10-12H,2-4,8-9,13H2,1H3,(H,22,24). The molecular weight excluding hydrogens is 348 g/mol. The molecule has 1 aliphatic carbocycles. The molecule has 7 heteroatoms. The second kappa shape index (κ2) is 8.28. The number of nitriles is 1. The van der Waals surface area contributed by atoms with Crippen molar-refractivity contribution >= 4 is 17.7 Å². The highest BCUT2D eigenvalue weighted by Crippen LogP contribution is 2.28. The molecule has 1 saturated carbocycles. The van der Waals surface area contributed by atoms with Gasteiger partial charge in [0.15, 0.2) is 5.16 Å². The van der Waals surface area contributed by atoms with Crippen LogP contribution in [0.25, 0.3) is 5.69 Å². The van der Waals surface area contributed by atoms with Crippen LogP contribution in [0.5, 0.6) is 5.75 Å². The van der Waals surface area contributed by atoms with Crippen LogP contribution >= 0.6 is 11.8 Å². The summed E-state index contributed by atoms with van der Waals surface area (Å²) >= 11 is 1.36. The number of thioether (sulfide) groups is 1. The first-order valence-corrected chi connectivity index (χ1v) is 9.67. The molecule has 3 rings (SSSR count). The Morgan fingerprint density at radius 3 is 2.96 bits per heavy atom. The van der Waals surface area contributed by atoms with Gasteiger partial charge in [0.1, 0.15) is 11.3 Å². The van der Waals surface area contributed by atoms with Crippen molar-refractivity contribution in [2.75, 3.05) is 12.9 Å². The monoisotopic (exact) mass is 370 g/mol. The van der Waals surface area contributed by atoms with Crippen LogP contribution in [0, 0.1) is 11.3 Å². The van der Waals surface area contributed by atoms with Gasteiger partial charge in [-0.1, -0.05) is 37.1 Å². The predicted molar refractivity (Wildman–Crippen MR) is 100 cm³/mol. The van der Waals surface area contributed by atoms with Crippen molar-refractivity contribution in [1.29, 1.82) is 5.26 Å². The van der Waals surface area contributed by atoms with Gasteiger partial charge in [-0.3, -0.25) is 9.36 Å². The molecule has 1 fully saturated rings. The van der Waals surface area contributed by atoms with Gasteiger partial charge in [-0.15, -0.1) is 0 Å². The fourth-order valence-corrected chi connectivity index (χ4v) is 3.98. The third-order valence-electron chi connectivity index (χ3n) is 4.57. The summed E-state index contributed by atoms with van der Waals surface area (Å²) in [6, 6.07) is 9.98. The molecule has 136 valence electrons. The van der Waals surface area contributed by atoms with E-state index in [0.29, 0.717) is 0 Å². The van der Waals surface area contributed by atoms with Crippen LogP contribution < -0.4 is 10.1 Å². The lowest BCUT2D eigenvalue weighted by molar-refractivity contribution is -0.120. The molecule has 0 bridgehead atoms. The molecule has 0 atom stereocenters. The molecule has 6 nitrogen and oxygen atoms in total. The fourth-order valence-electron chi connectivity index (χ4n) is 3.21. The Kier molecular flexibility index (Phi) is 5.84. The minimum atomic E-state index is -0.696. The van der Waals surface area contributed by atoms with Crippen molar-refractivity contribution in [3.63, 3.8) is 0 Å². The first kappa shape index (κ1) is 18.3. The van der Waals surface area contributed by atoms with E-state index in [0.717, 1.165) is 48.7 Å². The van der Waals surface area contributed by atoms with E-state index < -0.39 is 5.54 Å². The molecule has 0 spiro atoms. The summed E-state index contributed by atoms with van der Waals surface area (Å²) in [5.41, 5.74) is 0.225. The molecule has 1 amide bonds. The van der Waals surface area contributed by atoms with Gasteiger partial charge in [0.25, 0.3) is 0 Å². The van der Waals surface area contributed by atoms with E-state index >= 15 is 0 Å². The average molecular weight is 370 g/mol. The van der Waals surface area contributed by atoms with Crippen LogP contribution in [0.3, 0.4) is 0 Å². The lowest BCUT2D eigenvalue weighted by atomic mass is 9.83. The summed E-state index contributed by atoms with van der Waals surface area (Å²) in [5, 5.41) is 13.2. The van der Waals surface area contributed by atoms with Crippen molar-refractivity contribution < 1.29 is 9.53 Å². The third kappa shape index (κ3) is 4.20. The van der Waals surface area contributed by atoms with E-state index in [1.807, 2.05) is 35.0 Å². The molecule has 1 aromatic heterocycles. The highest BCUT2D eigenvalue weighted by molar-refractivity contribution is 7.99. The van der Waals surface area contributed by atoms with Gasteiger partial charge < -0.3 is 10.1 Å². The minimum Gasteiger partial charge on any atom is -0.497 e. The van der Waals surface area contributed by atoms with Crippen LogP contribution in [-0.4, -0.2) is 33.9 Å². The molecule has 0 radical (unpaired) electrons. The van der Waals surface area contributed by atoms with E-state index in [9.17, 15) is 10.1 Å². The summed E-state index contributed by atoms with van der Waals surface area (Å²) in [5.74, 6) is 0.863. The second-order valence-electron chi connectivity index (χ2n) is 6.37. The van der Waals surface area contributed by atoms with Gasteiger partial charge >= 0.3 is 0 Å². The number of imidazole rings is 1. The Morgan fingerprint density at radius 1 is 1.42 bits per heavy atom. The first-order chi connectivity index (χ1) is 12.7. The van der Waals surface area contributed by atoms with E-state index in [-0.39, 0.29) is 11.7 Å². The molecule has 1 aliphatic rings. The molecule has 1 N–H and O–H groups in total. The largest absolute Gasteiger partial charge is 0.497 e. The van der Waals surface area contributed by atoms with Crippen LogP contribution in [-0.2, 0) is 4.79 Å². The summed E-state index contributed by atoms with van der Waals surface area (Å²) in [6.45, 7) is 0. The number of rotatable bonds is 6. The number of amides is 1. The summed E-state index contributed by atoms with van der Waals surface area (Å²) in [4.78, 5) is 16.7. The van der Waals surface area contributed by atoms with Crippen molar-refractivity contribution in [2.24, 2.45) is 0 Å². The number of carbonyl (C=O) groups is 1. The Balaban J connectivity index is 1.64. The second-order valence-corrected chi connectivity index (χ2v) is 7.32. The van der Waals surface area contributed by atoms with E-state index in [4.69, 9.17) is 4.74 Å². The number of nitrogens with zero attached hydrogens (tertiary/aromatic N) is 3. The zero-order chi connectivity index (χ0) is 18.4. The number of hydrogen-bond acceptors (Lipinski definition) is 5. The molecule has 1 heterocycles. The van der Waals surface area contributed by atoms with Crippen LogP contribution in [0.2, 0.25) is 0 Å². The Hall–Kier alpha value is -2.46. The van der Waals surface area contributed by atoms with Crippen molar-refractivity contribution in [2.45, 2.75) is 42.8 Å². The van der Waals surface area contributed by atoms with Crippen LogP contribution in [0.15, 0.2) is 41.8 Å². The average Bonchev–Trinajstić information content (AvgIpc) is 3.16. The summed E-state index contributed by atoms with van der Waals surface area (Å²) in [7, 11) is 1.63. The number of ether oxygens (including phenoxy) is 1. The van der Waals surface area contributed by atoms with E-state index in [2.05, 4.69) is 16.4 Å². The number of carbonyl (C=O) groups excluding carboxylic acids is 1. The zero-order valence-corrected chi connectivity index (χ0v) is 15.6. The maximum absolute atomic E-state index is 12.4. The number of benzene rings is 1. The Bertz CT molecular complexity index is 806. The number of aromatic nitrogens is 2. The van der Waals surface area contributed by atoms with Crippen molar-refractivity contribution in [3.05, 3.63) is 36.7 Å². The first-order valence-electron chi connectivity index (χ1n) is 8.69. The maximum atomic E-state index is 12.4. The maximum Gasteiger partial charge on any atom is 0.231 e. The van der Waals surface area contributed by atoms with Gasteiger partial charge in [0.05, 0.1) is 24.6 Å². The highest BCUT2D eigenvalue weighted by atomic mass is 32.2. The van der Waals surface area contributed by atoms with E-state index in [1.165, 1.54) is 11.8 Å². The highest BCUT2D eigenvalue weighted by Gasteiger charge is 2.33. The fraction of sp³-hybridized carbons (Fsp3) is 0.421. The smallest absolute Gasteiger partial charge is 0.231 e. The van der Waals surface area contributed by atoms with Crippen LogP contribution in [0.4, 0.5) is 0 Å². The molecule has 2 aromatic rings. The molecular formula is C19H22N4O2S. The van der Waals surface area contributed by atoms with E-state index in [1.54, 1.807) is 13.3 Å². The van der Waals surface area contributed by atoms with Crippen molar-refractivity contribution in [3.8, 4) is 17.5 Å². The van der Waals surface area contributed by atoms with Crippen molar-refractivity contribution in [1.82, 2.24) is 14.9 Å². The lowest BCUT2D eigenvalue weighted by Crippen LogP contribution is -2.49. The minimum absolute atomic E-state index is 0.126. The quantitative estimate of drug-likeness (QED) is 0.789. The Morgan fingerprint density at radius 2 is 2.23 bits per heavy atom. The van der Waals surface area contributed by atoms with Gasteiger partial charge in [-0.25, -0.2) is 4.98 Å². The topological polar surface area (TPSA) is 79.9 Å². The molecule has 0 aliphatic heterocycles. The Labute approximate surface area is 157 Å². The molecule has 0 saturated heterocycles. The molecule has 26 heavy (non-hydrogen) atoms. The third-order valence-corrected chi connectivity index (χ3v) is 5.54. The number of hydrogen-bond donors (Lipinski definition) is 1. The normalized spacial score (nSPS) is 15.8. The SMILES string of the molecule is COc1cccc(-n2ccnc2SCC(=O)NC2(C#N)CCCCC2)c1. The number of methoxy groups -OCH3 is 1. The number of nitrogens with one attached hydrogen (secondary N) is 1. The molecule has 0 unspecified atom stereocenters.